The minimum Gasteiger partial charge on any atom is -0.477 e. The van der Waals surface area contributed by atoms with Gasteiger partial charge < -0.3 is 9.52 Å². The summed E-state index contributed by atoms with van der Waals surface area (Å²) < 4.78 is 5.46. The topological polar surface area (TPSA) is 88.2 Å². The van der Waals surface area contributed by atoms with Crippen LogP contribution >= 0.6 is 23.2 Å². The van der Waals surface area contributed by atoms with Crippen molar-refractivity contribution < 1.29 is 14.3 Å². The molecule has 3 aromatic rings. The Hall–Kier alpha value is -2.31. The summed E-state index contributed by atoms with van der Waals surface area (Å²) >= 11 is 11.8. The Bertz CT molecular complexity index is 809. The van der Waals surface area contributed by atoms with Crippen molar-refractivity contribution in [3.8, 4) is 0 Å². The number of carboxylic acids is 1. The van der Waals surface area contributed by atoms with E-state index >= 15 is 0 Å². The third-order valence-corrected chi connectivity index (χ3v) is 3.36. The Labute approximate surface area is 128 Å². The molecule has 0 fully saturated rings. The highest BCUT2D eigenvalue weighted by molar-refractivity contribution is 6.42. The van der Waals surface area contributed by atoms with E-state index < -0.39 is 5.97 Å². The lowest BCUT2D eigenvalue weighted by molar-refractivity contribution is 0.0690. The lowest BCUT2D eigenvalue weighted by Crippen LogP contribution is -2.02. The van der Waals surface area contributed by atoms with Gasteiger partial charge in [0.1, 0.15) is 11.3 Å². The third kappa shape index (κ3) is 2.76. The molecule has 0 saturated carbocycles. The van der Waals surface area contributed by atoms with Crippen LogP contribution in [0.25, 0.3) is 11.1 Å². The Morgan fingerprint density at radius 1 is 1.19 bits per heavy atom. The van der Waals surface area contributed by atoms with E-state index in [2.05, 4.69) is 15.3 Å². The van der Waals surface area contributed by atoms with Crippen LogP contribution in [0.2, 0.25) is 10.0 Å². The molecule has 0 aliphatic carbocycles. The molecule has 0 bridgehead atoms. The Morgan fingerprint density at radius 2 is 1.95 bits per heavy atom. The molecule has 0 aliphatic heterocycles. The first-order valence-corrected chi connectivity index (χ1v) is 6.51. The van der Waals surface area contributed by atoms with Gasteiger partial charge in [0.25, 0.3) is 0 Å². The maximum Gasteiger partial charge on any atom is 0.354 e. The predicted molar refractivity (Wildman–Crippen MR) is 78.5 cm³/mol. The number of fused-ring (bicyclic) bond motifs is 1. The number of hydrogen-bond donors (Lipinski definition) is 2. The summed E-state index contributed by atoms with van der Waals surface area (Å²) in [4.78, 5) is 18.9. The second-order valence-electron chi connectivity index (χ2n) is 4.09. The van der Waals surface area contributed by atoms with Gasteiger partial charge in [0.2, 0.25) is 0 Å². The molecule has 21 heavy (non-hydrogen) atoms. The molecule has 1 aromatic carbocycles. The van der Waals surface area contributed by atoms with Gasteiger partial charge >= 0.3 is 12.0 Å². The van der Waals surface area contributed by atoms with E-state index in [1.165, 1.54) is 6.07 Å². The summed E-state index contributed by atoms with van der Waals surface area (Å²) in [6, 6.07) is 7.85. The first-order valence-electron chi connectivity index (χ1n) is 5.76. The highest BCUT2D eigenvalue weighted by atomic mass is 35.5. The zero-order valence-electron chi connectivity index (χ0n) is 10.3. The number of benzene rings is 1. The molecule has 0 atom stereocenters. The summed E-state index contributed by atoms with van der Waals surface area (Å²) in [5.74, 6) is -0.812. The van der Waals surface area contributed by atoms with Gasteiger partial charge in [-0.3, -0.25) is 5.32 Å². The quantitative estimate of drug-likeness (QED) is 0.758. The molecular weight excluding hydrogens is 317 g/mol. The van der Waals surface area contributed by atoms with Crippen LogP contribution in [-0.2, 0) is 0 Å². The number of anilines is 2. The van der Waals surface area contributed by atoms with Gasteiger partial charge in [-0.2, -0.15) is 4.98 Å². The predicted octanol–water partition coefficient (Wildman–Crippen LogP) is 3.97. The fraction of sp³-hybridized carbons (Fsp3) is 0. The Balaban J connectivity index is 1.94. The van der Waals surface area contributed by atoms with Crippen LogP contribution in [0.4, 0.5) is 11.8 Å². The average Bonchev–Trinajstić information content (AvgIpc) is 2.80. The highest BCUT2D eigenvalue weighted by Crippen LogP contribution is 2.29. The van der Waals surface area contributed by atoms with E-state index in [0.717, 1.165) is 0 Å². The van der Waals surface area contributed by atoms with Crippen molar-refractivity contribution in [3.63, 3.8) is 0 Å². The molecule has 6 nitrogen and oxygen atoms in total. The Morgan fingerprint density at radius 3 is 2.71 bits per heavy atom. The third-order valence-electron chi connectivity index (χ3n) is 2.63. The van der Waals surface area contributed by atoms with Crippen molar-refractivity contribution in [2.45, 2.75) is 0 Å². The largest absolute Gasteiger partial charge is 0.477 e. The van der Waals surface area contributed by atoms with E-state index in [0.29, 0.717) is 27.0 Å². The Kier molecular flexibility index (Phi) is 3.40. The van der Waals surface area contributed by atoms with Gasteiger partial charge in [0.15, 0.2) is 11.3 Å². The minimum atomic E-state index is -1.12. The monoisotopic (exact) mass is 323 g/mol. The van der Waals surface area contributed by atoms with Crippen LogP contribution in [0, 0.1) is 0 Å². The maximum absolute atomic E-state index is 10.9. The van der Waals surface area contributed by atoms with Crippen LogP contribution in [-0.4, -0.2) is 21.0 Å². The second-order valence-corrected chi connectivity index (χ2v) is 4.91. The van der Waals surface area contributed by atoms with Gasteiger partial charge in [-0.15, -0.1) is 0 Å². The van der Waals surface area contributed by atoms with Crippen molar-refractivity contribution >= 4 is 52.1 Å². The molecule has 8 heteroatoms. The molecule has 106 valence electrons. The highest BCUT2D eigenvalue weighted by Gasteiger charge is 2.11. The first kappa shape index (κ1) is 13.7. The number of carbonyl (C=O) groups is 1. The molecule has 2 N–H and O–H groups in total. The number of aromatic nitrogens is 2. The summed E-state index contributed by atoms with van der Waals surface area (Å²) in [5.41, 5.74) is 0.907. The number of aromatic carboxylic acids is 1. The van der Waals surface area contributed by atoms with Gasteiger partial charge in [-0.25, -0.2) is 9.78 Å². The summed E-state index contributed by atoms with van der Waals surface area (Å²) in [6.45, 7) is 0. The van der Waals surface area contributed by atoms with Crippen LogP contribution in [0.3, 0.4) is 0 Å². The number of rotatable bonds is 3. The molecule has 0 spiro atoms. The van der Waals surface area contributed by atoms with Gasteiger partial charge in [-0.05, 0) is 18.2 Å². The average molecular weight is 324 g/mol. The van der Waals surface area contributed by atoms with E-state index in [-0.39, 0.29) is 11.7 Å². The maximum atomic E-state index is 10.9. The summed E-state index contributed by atoms with van der Waals surface area (Å²) in [5, 5.41) is 12.4. The molecule has 0 aliphatic rings. The number of hydrogen-bond acceptors (Lipinski definition) is 5. The second kappa shape index (κ2) is 5.23. The van der Waals surface area contributed by atoms with E-state index in [1.807, 2.05) is 0 Å². The van der Waals surface area contributed by atoms with Crippen LogP contribution in [0.15, 0.2) is 34.7 Å². The number of nitrogens with zero attached hydrogens (tertiary/aromatic N) is 2. The normalized spacial score (nSPS) is 10.8. The van der Waals surface area contributed by atoms with Crippen molar-refractivity contribution in [3.05, 3.63) is 46.1 Å². The SMILES string of the molecule is O=C(O)c1cccc(Nc2nc3cc(Cl)c(Cl)cc3o2)n1. The standard InChI is InChI=1S/C13H7Cl2N3O3/c14-6-4-9-10(5-7(6)15)21-13(17-9)18-11-3-1-2-8(16-11)12(19)20/h1-5H,(H,19,20)(H,16,17,18). The molecule has 2 aromatic heterocycles. The van der Waals surface area contributed by atoms with E-state index in [9.17, 15) is 4.79 Å². The number of nitrogens with one attached hydrogen (secondary N) is 1. The number of pyridine rings is 1. The fourth-order valence-corrected chi connectivity index (χ4v) is 2.02. The zero-order chi connectivity index (χ0) is 15.0. The summed E-state index contributed by atoms with van der Waals surface area (Å²) in [6.07, 6.45) is 0. The van der Waals surface area contributed by atoms with Crippen molar-refractivity contribution in [1.29, 1.82) is 0 Å². The smallest absolute Gasteiger partial charge is 0.354 e. The minimum absolute atomic E-state index is 0.0813. The molecule has 3 rings (SSSR count). The molecule has 0 amide bonds. The van der Waals surface area contributed by atoms with Gasteiger partial charge in [0.05, 0.1) is 10.0 Å². The number of oxazole rings is 1. The number of halogens is 2. The summed E-state index contributed by atoms with van der Waals surface area (Å²) in [7, 11) is 0. The first-order chi connectivity index (χ1) is 10.0. The van der Waals surface area contributed by atoms with Gasteiger partial charge in [0, 0.05) is 6.07 Å². The zero-order valence-corrected chi connectivity index (χ0v) is 11.8. The van der Waals surface area contributed by atoms with E-state index in [1.54, 1.807) is 24.3 Å². The van der Waals surface area contributed by atoms with Crippen molar-refractivity contribution in [1.82, 2.24) is 9.97 Å². The fourth-order valence-electron chi connectivity index (χ4n) is 1.71. The molecule has 0 saturated heterocycles. The lowest BCUT2D eigenvalue weighted by atomic mass is 10.3. The van der Waals surface area contributed by atoms with Crippen molar-refractivity contribution in [2.75, 3.05) is 5.32 Å². The van der Waals surface area contributed by atoms with Crippen LogP contribution < -0.4 is 5.32 Å². The molecular formula is C13H7Cl2N3O3. The molecule has 0 radical (unpaired) electrons. The number of carboxylic acid groups (broad SMARTS) is 1. The van der Waals surface area contributed by atoms with Crippen molar-refractivity contribution in [2.24, 2.45) is 0 Å². The van der Waals surface area contributed by atoms with Crippen LogP contribution in [0.5, 0.6) is 0 Å². The van der Waals surface area contributed by atoms with E-state index in [4.69, 9.17) is 32.7 Å². The molecule has 0 unspecified atom stereocenters. The molecule has 2 heterocycles. The van der Waals surface area contributed by atoms with Gasteiger partial charge in [-0.1, -0.05) is 29.3 Å². The lowest BCUT2D eigenvalue weighted by Gasteiger charge is -2.01. The van der Waals surface area contributed by atoms with Crippen LogP contribution in [0.1, 0.15) is 10.5 Å².